The Bertz CT molecular complexity index is 1070. The van der Waals surface area contributed by atoms with Gasteiger partial charge in [-0.1, -0.05) is 13.8 Å². The van der Waals surface area contributed by atoms with Crippen LogP contribution in [0.1, 0.15) is 72.6 Å². The normalized spacial score (nSPS) is 18.6. The lowest BCUT2D eigenvalue weighted by atomic mass is 10.0. The maximum atomic E-state index is 13.5. The van der Waals surface area contributed by atoms with Gasteiger partial charge in [-0.2, -0.15) is 0 Å². The fourth-order valence-electron chi connectivity index (χ4n) is 4.76. The van der Waals surface area contributed by atoms with E-state index in [0.717, 1.165) is 4.90 Å². The number of unbranched alkanes of at least 4 members (excludes halogenated alkanes) is 1. The van der Waals surface area contributed by atoms with Gasteiger partial charge in [0.05, 0.1) is 12.1 Å². The van der Waals surface area contributed by atoms with E-state index in [1.165, 1.54) is 13.8 Å². The van der Waals surface area contributed by atoms with E-state index in [9.17, 15) is 48.9 Å². The van der Waals surface area contributed by atoms with Gasteiger partial charge in [0.1, 0.15) is 30.2 Å². The Hall–Kier alpha value is -3.83. The number of carbonyl (C=O) groups is 7. The molecule has 45 heavy (non-hydrogen) atoms. The average molecular weight is 644 g/mol. The number of carboxylic acid groups (broad SMARTS) is 2. The zero-order chi connectivity index (χ0) is 34.4. The standard InChI is InChI=1S/C28H49N7O10/c1-14(2)21(28(44)45)33-26(42)19-9-7-13-35(19)27(43)22(16(4)36)34-25(41)18(10-11-20(37)38)32-24(40)17(8-5-6-12-29)31-23(39)15(3)30/h14-19,21-22,36H,5-13,29-30H2,1-4H3,(H,31,39)(H,32,40)(H,33,42)(H,34,41)(H,37,38)(H,44,45)/t15-,16+,17-,18-,19-,21-,22-/m0/s1. The Kier molecular flexibility index (Phi) is 16.4. The second-order valence-corrected chi connectivity index (χ2v) is 11.6. The van der Waals surface area contributed by atoms with Crippen molar-refractivity contribution in [2.75, 3.05) is 13.1 Å². The van der Waals surface area contributed by atoms with Crippen molar-refractivity contribution >= 4 is 41.5 Å². The summed E-state index contributed by atoms with van der Waals surface area (Å²) in [5.41, 5.74) is 11.1. The molecule has 0 aliphatic carbocycles. The number of nitrogens with zero attached hydrogens (tertiary/aromatic N) is 1. The molecule has 1 aliphatic heterocycles. The highest BCUT2D eigenvalue weighted by Gasteiger charge is 2.41. The second-order valence-electron chi connectivity index (χ2n) is 11.6. The molecule has 5 amide bonds. The summed E-state index contributed by atoms with van der Waals surface area (Å²) in [4.78, 5) is 89.3. The van der Waals surface area contributed by atoms with E-state index < -0.39 is 96.2 Å². The number of nitrogens with two attached hydrogens (primary N) is 2. The van der Waals surface area contributed by atoms with Gasteiger partial charge in [-0.05, 0) is 64.8 Å². The molecule has 256 valence electrons. The second kappa shape index (κ2) is 18.9. The van der Waals surface area contributed by atoms with Crippen LogP contribution in [0.4, 0.5) is 0 Å². The molecule has 17 nitrogen and oxygen atoms in total. The predicted octanol–water partition coefficient (Wildman–Crippen LogP) is -2.62. The van der Waals surface area contributed by atoms with E-state index in [2.05, 4.69) is 21.3 Å². The van der Waals surface area contributed by atoms with Crippen LogP contribution in [0.3, 0.4) is 0 Å². The molecular weight excluding hydrogens is 594 g/mol. The number of amides is 5. The highest BCUT2D eigenvalue weighted by molar-refractivity contribution is 5.97. The molecule has 0 saturated carbocycles. The Morgan fingerprint density at radius 2 is 1.40 bits per heavy atom. The molecule has 17 heteroatoms. The molecule has 0 aromatic carbocycles. The molecule has 1 rings (SSSR count). The molecule has 1 fully saturated rings. The van der Waals surface area contributed by atoms with Gasteiger partial charge in [0.2, 0.25) is 29.5 Å². The van der Waals surface area contributed by atoms with E-state index >= 15 is 0 Å². The highest BCUT2D eigenvalue weighted by Crippen LogP contribution is 2.20. The number of aliphatic hydroxyl groups is 1. The quantitative estimate of drug-likeness (QED) is 0.0654. The molecule has 0 spiro atoms. The van der Waals surface area contributed by atoms with Crippen molar-refractivity contribution < 1.29 is 48.9 Å². The van der Waals surface area contributed by atoms with Crippen molar-refractivity contribution in [2.24, 2.45) is 17.4 Å². The van der Waals surface area contributed by atoms with Gasteiger partial charge < -0.3 is 53.0 Å². The molecule has 0 aromatic rings. The van der Waals surface area contributed by atoms with Crippen LogP contribution in [0.25, 0.3) is 0 Å². The van der Waals surface area contributed by atoms with Gasteiger partial charge in [0.15, 0.2) is 0 Å². The molecular formula is C28H49N7O10. The van der Waals surface area contributed by atoms with Crippen LogP contribution < -0.4 is 32.7 Å². The van der Waals surface area contributed by atoms with Crippen LogP contribution in [-0.4, -0.2) is 117 Å². The maximum Gasteiger partial charge on any atom is 0.326 e. The third-order valence-corrected chi connectivity index (χ3v) is 7.39. The number of carbonyl (C=O) groups excluding carboxylic acids is 5. The minimum atomic E-state index is -1.59. The van der Waals surface area contributed by atoms with E-state index in [1.54, 1.807) is 13.8 Å². The summed E-state index contributed by atoms with van der Waals surface area (Å²) in [6.45, 7) is 6.32. The summed E-state index contributed by atoms with van der Waals surface area (Å²) in [7, 11) is 0. The van der Waals surface area contributed by atoms with Crippen molar-refractivity contribution in [3.8, 4) is 0 Å². The number of hydrogen-bond acceptors (Lipinski definition) is 10. The zero-order valence-corrected chi connectivity index (χ0v) is 26.3. The lowest BCUT2D eigenvalue weighted by Gasteiger charge is -2.32. The number of nitrogens with one attached hydrogen (secondary N) is 4. The smallest absolute Gasteiger partial charge is 0.326 e. The first-order valence-electron chi connectivity index (χ1n) is 15.1. The summed E-state index contributed by atoms with van der Waals surface area (Å²) in [6.07, 6.45) is -0.621. The first kappa shape index (κ1) is 39.2. The molecule has 1 saturated heterocycles. The monoisotopic (exact) mass is 643 g/mol. The van der Waals surface area contributed by atoms with E-state index in [0.29, 0.717) is 25.8 Å². The SMILES string of the molecule is CC(C)[C@H](NC(=O)[C@@H]1CCCN1C(=O)[C@@H](NC(=O)[C@H](CCC(=O)O)NC(=O)[C@H](CCCCN)NC(=O)[C@H](C)N)[C@@H](C)O)C(=O)O. The third kappa shape index (κ3) is 12.6. The summed E-state index contributed by atoms with van der Waals surface area (Å²) >= 11 is 0. The first-order chi connectivity index (χ1) is 21.0. The fourth-order valence-corrected chi connectivity index (χ4v) is 4.76. The van der Waals surface area contributed by atoms with Crippen LogP contribution in [0.2, 0.25) is 0 Å². The first-order valence-corrected chi connectivity index (χ1v) is 15.1. The number of carboxylic acids is 2. The third-order valence-electron chi connectivity index (χ3n) is 7.39. The fraction of sp³-hybridized carbons (Fsp3) is 0.750. The molecule has 11 N–H and O–H groups in total. The van der Waals surface area contributed by atoms with Gasteiger partial charge >= 0.3 is 11.9 Å². The Morgan fingerprint density at radius 3 is 1.91 bits per heavy atom. The molecule has 0 bridgehead atoms. The van der Waals surface area contributed by atoms with Gasteiger partial charge in [0.25, 0.3) is 0 Å². The summed E-state index contributed by atoms with van der Waals surface area (Å²) in [5.74, 6) is -6.85. The molecule has 1 aliphatic rings. The molecule has 0 unspecified atom stereocenters. The molecule has 0 radical (unpaired) electrons. The zero-order valence-electron chi connectivity index (χ0n) is 26.3. The molecule has 7 atom stereocenters. The van der Waals surface area contributed by atoms with E-state index in [-0.39, 0.29) is 25.8 Å². The summed E-state index contributed by atoms with van der Waals surface area (Å²) < 4.78 is 0. The van der Waals surface area contributed by atoms with Crippen molar-refractivity contribution in [1.82, 2.24) is 26.2 Å². The largest absolute Gasteiger partial charge is 0.481 e. The Morgan fingerprint density at radius 1 is 0.822 bits per heavy atom. The van der Waals surface area contributed by atoms with Crippen LogP contribution in [0.5, 0.6) is 0 Å². The Labute approximate surface area is 262 Å². The van der Waals surface area contributed by atoms with Gasteiger partial charge in [-0.25, -0.2) is 4.79 Å². The van der Waals surface area contributed by atoms with Crippen molar-refractivity contribution in [3.63, 3.8) is 0 Å². The van der Waals surface area contributed by atoms with Crippen molar-refractivity contribution in [3.05, 3.63) is 0 Å². The van der Waals surface area contributed by atoms with Crippen molar-refractivity contribution in [1.29, 1.82) is 0 Å². The van der Waals surface area contributed by atoms with Crippen LogP contribution >= 0.6 is 0 Å². The lowest BCUT2D eigenvalue weighted by molar-refractivity contribution is -0.147. The summed E-state index contributed by atoms with van der Waals surface area (Å²) in [6, 6.07) is -7.37. The minimum absolute atomic E-state index is 0.0956. The van der Waals surface area contributed by atoms with E-state index in [4.69, 9.17) is 11.5 Å². The number of likely N-dealkylation sites (tertiary alicyclic amines) is 1. The predicted molar refractivity (Wildman–Crippen MR) is 160 cm³/mol. The van der Waals surface area contributed by atoms with Crippen LogP contribution in [0.15, 0.2) is 0 Å². The minimum Gasteiger partial charge on any atom is -0.481 e. The van der Waals surface area contributed by atoms with Crippen LogP contribution in [0, 0.1) is 5.92 Å². The Balaban J connectivity index is 3.17. The topological polar surface area (TPSA) is 284 Å². The highest BCUT2D eigenvalue weighted by atomic mass is 16.4. The number of aliphatic hydroxyl groups excluding tert-OH is 1. The molecule has 0 aromatic heterocycles. The number of rotatable bonds is 19. The number of aliphatic carboxylic acids is 2. The molecule has 1 heterocycles. The van der Waals surface area contributed by atoms with E-state index in [1.807, 2.05) is 0 Å². The van der Waals surface area contributed by atoms with Gasteiger partial charge in [0, 0.05) is 13.0 Å². The maximum absolute atomic E-state index is 13.5. The summed E-state index contributed by atoms with van der Waals surface area (Å²) in [5, 5.41) is 38.9. The lowest BCUT2D eigenvalue weighted by Crippen LogP contribution is -2.61. The van der Waals surface area contributed by atoms with Gasteiger partial charge in [-0.15, -0.1) is 0 Å². The van der Waals surface area contributed by atoms with Crippen molar-refractivity contribution in [2.45, 2.75) is 115 Å². The number of hydrogen-bond donors (Lipinski definition) is 9. The van der Waals surface area contributed by atoms with Crippen LogP contribution in [-0.2, 0) is 33.6 Å². The van der Waals surface area contributed by atoms with Gasteiger partial charge in [-0.3, -0.25) is 28.8 Å². The average Bonchev–Trinajstić information content (AvgIpc) is 3.45.